The fraction of sp³-hybridized carbons (Fsp3) is 0.875. The van der Waals surface area contributed by atoms with Gasteiger partial charge in [-0.25, -0.2) is 8.42 Å². The summed E-state index contributed by atoms with van der Waals surface area (Å²) >= 11 is 0. The standard InChI is InChI=1S/C8H17N3O2S/c1-6-4-9-8(10-6)11-7(2)5-14(3,12)13/h6-7H,4-5H2,1-3H3,(H2,9,10,11). The molecule has 0 aromatic heterocycles. The molecule has 2 unspecified atom stereocenters. The van der Waals surface area contributed by atoms with Crippen molar-refractivity contribution in [2.24, 2.45) is 4.99 Å². The Morgan fingerprint density at radius 2 is 2.36 bits per heavy atom. The first-order chi connectivity index (χ1) is 6.37. The number of hydrogen-bond donors (Lipinski definition) is 2. The number of nitrogens with one attached hydrogen (secondary N) is 2. The van der Waals surface area contributed by atoms with E-state index in [4.69, 9.17) is 0 Å². The van der Waals surface area contributed by atoms with Crippen molar-refractivity contribution < 1.29 is 8.42 Å². The third-order valence-corrected chi connectivity index (χ3v) is 2.95. The molecular formula is C8H17N3O2S. The second kappa shape index (κ2) is 4.16. The van der Waals surface area contributed by atoms with Gasteiger partial charge >= 0.3 is 0 Å². The van der Waals surface area contributed by atoms with Gasteiger partial charge in [0, 0.05) is 18.3 Å². The lowest BCUT2D eigenvalue weighted by atomic mass is 10.4. The topological polar surface area (TPSA) is 70.6 Å². The molecule has 2 N–H and O–H groups in total. The molecule has 1 rings (SSSR count). The van der Waals surface area contributed by atoms with Crippen LogP contribution in [0.4, 0.5) is 0 Å². The number of nitrogens with zero attached hydrogens (tertiary/aromatic N) is 1. The summed E-state index contributed by atoms with van der Waals surface area (Å²) in [6.07, 6.45) is 1.23. The van der Waals surface area contributed by atoms with Gasteiger partial charge in [-0.1, -0.05) is 0 Å². The maximum atomic E-state index is 11.0. The van der Waals surface area contributed by atoms with Crippen LogP contribution in [0.3, 0.4) is 0 Å². The van der Waals surface area contributed by atoms with Crippen molar-refractivity contribution in [2.75, 3.05) is 18.6 Å². The predicted octanol–water partition coefficient (Wildman–Crippen LogP) is -0.643. The van der Waals surface area contributed by atoms with Crippen molar-refractivity contribution in [1.29, 1.82) is 0 Å². The molecule has 6 heteroatoms. The van der Waals surface area contributed by atoms with Crippen LogP contribution < -0.4 is 10.6 Å². The normalized spacial score (nSPS) is 23.9. The molecule has 0 fully saturated rings. The van der Waals surface area contributed by atoms with E-state index in [1.165, 1.54) is 6.26 Å². The van der Waals surface area contributed by atoms with Gasteiger partial charge in [0.15, 0.2) is 5.96 Å². The van der Waals surface area contributed by atoms with Gasteiger partial charge < -0.3 is 10.6 Å². The van der Waals surface area contributed by atoms with Gasteiger partial charge in [-0.15, -0.1) is 0 Å². The van der Waals surface area contributed by atoms with E-state index in [2.05, 4.69) is 15.6 Å². The van der Waals surface area contributed by atoms with E-state index < -0.39 is 9.84 Å². The molecule has 14 heavy (non-hydrogen) atoms. The SMILES string of the molecule is CC1CN=C(NC(C)CS(C)(=O)=O)N1. The molecule has 0 saturated carbocycles. The monoisotopic (exact) mass is 219 g/mol. The Hall–Kier alpha value is -0.780. The third kappa shape index (κ3) is 3.95. The minimum absolute atomic E-state index is 0.110. The Bertz CT molecular complexity index is 323. The van der Waals surface area contributed by atoms with Crippen molar-refractivity contribution in [3.05, 3.63) is 0 Å². The summed E-state index contributed by atoms with van der Waals surface area (Å²) in [7, 11) is -2.92. The highest BCUT2D eigenvalue weighted by Gasteiger charge is 2.16. The van der Waals surface area contributed by atoms with Crippen LogP contribution in [0, 0.1) is 0 Å². The van der Waals surface area contributed by atoms with Crippen molar-refractivity contribution in [3.63, 3.8) is 0 Å². The van der Waals surface area contributed by atoms with Crippen LogP contribution in [0.2, 0.25) is 0 Å². The van der Waals surface area contributed by atoms with E-state index in [0.717, 1.165) is 6.54 Å². The molecule has 0 aromatic carbocycles. The number of aliphatic imine (C=N–C) groups is 1. The smallest absolute Gasteiger partial charge is 0.191 e. The Balaban J connectivity index is 2.38. The number of guanidine groups is 1. The fourth-order valence-corrected chi connectivity index (χ4v) is 2.36. The largest absolute Gasteiger partial charge is 0.353 e. The summed E-state index contributed by atoms with van der Waals surface area (Å²) in [5.74, 6) is 0.830. The van der Waals surface area contributed by atoms with Crippen LogP contribution in [0.25, 0.3) is 0 Å². The molecule has 1 heterocycles. The predicted molar refractivity (Wildman–Crippen MR) is 57.2 cm³/mol. The molecule has 82 valence electrons. The minimum atomic E-state index is -2.92. The van der Waals surface area contributed by atoms with E-state index >= 15 is 0 Å². The summed E-state index contributed by atoms with van der Waals surface area (Å²) in [6.45, 7) is 4.60. The molecule has 0 radical (unpaired) electrons. The molecule has 1 aliphatic heterocycles. The molecule has 0 saturated heterocycles. The van der Waals surface area contributed by atoms with Crippen LogP contribution in [0.5, 0.6) is 0 Å². The Kier molecular flexibility index (Phi) is 3.36. The molecule has 5 nitrogen and oxygen atoms in total. The highest BCUT2D eigenvalue weighted by molar-refractivity contribution is 7.90. The first-order valence-electron chi connectivity index (χ1n) is 4.62. The second-order valence-corrected chi connectivity index (χ2v) is 6.06. The van der Waals surface area contributed by atoms with Gasteiger partial charge in [-0.2, -0.15) is 0 Å². The van der Waals surface area contributed by atoms with Gasteiger partial charge in [0.1, 0.15) is 9.84 Å². The van der Waals surface area contributed by atoms with Crippen LogP contribution >= 0.6 is 0 Å². The summed E-state index contributed by atoms with van der Waals surface area (Å²) in [6, 6.07) is 0.226. The van der Waals surface area contributed by atoms with Gasteiger partial charge in [0.25, 0.3) is 0 Å². The van der Waals surface area contributed by atoms with E-state index in [1.54, 1.807) is 0 Å². The molecule has 2 atom stereocenters. The summed E-state index contributed by atoms with van der Waals surface area (Å²) in [5.41, 5.74) is 0. The van der Waals surface area contributed by atoms with E-state index in [9.17, 15) is 8.42 Å². The zero-order chi connectivity index (χ0) is 10.8. The fourth-order valence-electron chi connectivity index (χ4n) is 1.37. The van der Waals surface area contributed by atoms with E-state index in [0.29, 0.717) is 12.0 Å². The zero-order valence-corrected chi connectivity index (χ0v) is 9.56. The van der Waals surface area contributed by atoms with E-state index in [-0.39, 0.29) is 11.8 Å². The van der Waals surface area contributed by atoms with Gasteiger partial charge in [0.2, 0.25) is 0 Å². The molecule has 1 aliphatic rings. The average molecular weight is 219 g/mol. The third-order valence-electron chi connectivity index (χ3n) is 1.84. The summed E-state index contributed by atoms with van der Waals surface area (Å²) in [4.78, 5) is 4.19. The highest BCUT2D eigenvalue weighted by atomic mass is 32.2. The van der Waals surface area contributed by atoms with Crippen LogP contribution in [-0.4, -0.2) is 45.0 Å². The molecule has 0 aliphatic carbocycles. The van der Waals surface area contributed by atoms with Gasteiger partial charge in [0.05, 0.1) is 12.3 Å². The Morgan fingerprint density at radius 3 is 2.79 bits per heavy atom. The lowest BCUT2D eigenvalue weighted by Crippen LogP contribution is -2.44. The maximum Gasteiger partial charge on any atom is 0.191 e. The number of sulfone groups is 1. The molecule has 0 spiro atoms. The van der Waals surface area contributed by atoms with Crippen LogP contribution in [0.15, 0.2) is 4.99 Å². The average Bonchev–Trinajstić information content (AvgIpc) is 2.30. The number of hydrogen-bond acceptors (Lipinski definition) is 5. The molecule has 0 amide bonds. The van der Waals surface area contributed by atoms with Crippen molar-refractivity contribution in [3.8, 4) is 0 Å². The van der Waals surface area contributed by atoms with Crippen LogP contribution in [0.1, 0.15) is 13.8 Å². The maximum absolute atomic E-state index is 11.0. The van der Waals surface area contributed by atoms with Crippen molar-refractivity contribution in [1.82, 2.24) is 10.6 Å². The Labute approximate surface area is 84.9 Å². The van der Waals surface area contributed by atoms with Gasteiger partial charge in [-0.3, -0.25) is 4.99 Å². The molecular weight excluding hydrogens is 202 g/mol. The summed E-state index contributed by atoms with van der Waals surface area (Å²) < 4.78 is 22.0. The quantitative estimate of drug-likeness (QED) is 0.662. The zero-order valence-electron chi connectivity index (χ0n) is 8.74. The van der Waals surface area contributed by atoms with Crippen molar-refractivity contribution in [2.45, 2.75) is 25.9 Å². The number of rotatable bonds is 3. The minimum Gasteiger partial charge on any atom is -0.353 e. The highest BCUT2D eigenvalue weighted by Crippen LogP contribution is 1.95. The molecule has 0 bridgehead atoms. The lowest BCUT2D eigenvalue weighted by Gasteiger charge is -2.14. The first kappa shape index (κ1) is 11.3. The van der Waals surface area contributed by atoms with E-state index in [1.807, 2.05) is 13.8 Å². The Morgan fingerprint density at radius 1 is 1.71 bits per heavy atom. The second-order valence-electron chi connectivity index (χ2n) is 3.87. The lowest BCUT2D eigenvalue weighted by molar-refractivity contribution is 0.589. The first-order valence-corrected chi connectivity index (χ1v) is 6.68. The molecule has 0 aromatic rings. The summed E-state index contributed by atoms with van der Waals surface area (Å²) in [5, 5.41) is 6.14. The van der Waals surface area contributed by atoms with Crippen LogP contribution in [-0.2, 0) is 9.84 Å². The van der Waals surface area contributed by atoms with Crippen molar-refractivity contribution >= 4 is 15.8 Å². The van der Waals surface area contributed by atoms with Gasteiger partial charge in [-0.05, 0) is 13.8 Å².